The molecule has 0 atom stereocenters. The van der Waals surface area contributed by atoms with E-state index >= 15 is 0 Å². The minimum atomic E-state index is 0.171. The van der Waals surface area contributed by atoms with Gasteiger partial charge >= 0.3 is 0 Å². The molecule has 4 nitrogen and oxygen atoms in total. The summed E-state index contributed by atoms with van der Waals surface area (Å²) < 4.78 is 5.06. The van der Waals surface area contributed by atoms with Crippen LogP contribution in [-0.2, 0) is 24.2 Å². The third-order valence-electron chi connectivity index (χ3n) is 5.06. The van der Waals surface area contributed by atoms with E-state index in [1.807, 2.05) is 11.0 Å². The summed E-state index contributed by atoms with van der Waals surface area (Å²) in [4.78, 5) is 14.6. The molecule has 0 radical (unpaired) electrons. The summed E-state index contributed by atoms with van der Waals surface area (Å²) in [5.41, 5.74) is 3.73. The van der Waals surface area contributed by atoms with Gasteiger partial charge in [-0.05, 0) is 60.9 Å². The van der Waals surface area contributed by atoms with Crippen LogP contribution in [0.1, 0.15) is 42.4 Å². The maximum Gasteiger partial charge on any atom is 0.222 e. The van der Waals surface area contributed by atoms with Crippen molar-refractivity contribution >= 4 is 5.91 Å². The van der Waals surface area contributed by atoms with Crippen LogP contribution in [0.4, 0.5) is 0 Å². The molecule has 0 saturated carbocycles. The van der Waals surface area contributed by atoms with E-state index < -0.39 is 0 Å². The predicted octanol–water partition coefficient (Wildman–Crippen LogP) is 4.09. The zero-order chi connectivity index (χ0) is 18.4. The fourth-order valence-electron chi connectivity index (χ4n) is 3.57. The van der Waals surface area contributed by atoms with Gasteiger partial charge in [-0.2, -0.15) is 0 Å². The third-order valence-corrected chi connectivity index (χ3v) is 5.06. The fraction of sp³-hybridized carbons (Fsp3) is 0.409. The lowest BCUT2D eigenvalue weighted by atomic mass is 10.0. The molecule has 0 saturated heterocycles. The van der Waals surface area contributed by atoms with Crippen molar-refractivity contribution in [2.45, 2.75) is 45.1 Å². The second-order valence-electron chi connectivity index (χ2n) is 6.90. The molecule has 1 amide bonds. The quantitative estimate of drug-likeness (QED) is 0.796. The highest BCUT2D eigenvalue weighted by molar-refractivity contribution is 5.76. The number of hydrogen-bond acceptors (Lipinski definition) is 3. The number of phenols is 1. The van der Waals surface area contributed by atoms with Gasteiger partial charge in [-0.25, -0.2) is 0 Å². The van der Waals surface area contributed by atoms with Gasteiger partial charge < -0.3 is 14.7 Å². The van der Waals surface area contributed by atoms with E-state index in [2.05, 4.69) is 24.3 Å². The molecule has 1 N–H and O–H groups in total. The van der Waals surface area contributed by atoms with Crippen LogP contribution in [0.15, 0.2) is 42.5 Å². The molecule has 0 aliphatic carbocycles. The number of aromatic hydroxyl groups is 1. The van der Waals surface area contributed by atoms with Crippen molar-refractivity contribution in [1.82, 2.24) is 4.90 Å². The minimum Gasteiger partial charge on any atom is -0.504 e. The molecule has 1 aliphatic rings. The van der Waals surface area contributed by atoms with E-state index in [0.29, 0.717) is 12.2 Å². The SMILES string of the molecule is COc1ccc(CCCCC(=O)N2CCCc3ccccc3C2)cc1O. The van der Waals surface area contributed by atoms with Gasteiger partial charge in [0.15, 0.2) is 11.5 Å². The molecule has 0 spiro atoms. The Labute approximate surface area is 155 Å². The van der Waals surface area contributed by atoms with Crippen LogP contribution in [0.5, 0.6) is 11.5 Å². The van der Waals surface area contributed by atoms with E-state index in [4.69, 9.17) is 4.74 Å². The smallest absolute Gasteiger partial charge is 0.222 e. The van der Waals surface area contributed by atoms with Gasteiger partial charge in [0.05, 0.1) is 7.11 Å². The minimum absolute atomic E-state index is 0.171. The van der Waals surface area contributed by atoms with E-state index in [1.165, 1.54) is 11.1 Å². The van der Waals surface area contributed by atoms with E-state index in [1.54, 1.807) is 19.2 Å². The maximum absolute atomic E-state index is 12.6. The van der Waals surface area contributed by atoms with Gasteiger partial charge in [-0.1, -0.05) is 30.3 Å². The van der Waals surface area contributed by atoms with Gasteiger partial charge in [0.1, 0.15) is 0 Å². The fourth-order valence-corrected chi connectivity index (χ4v) is 3.57. The van der Waals surface area contributed by atoms with Crippen molar-refractivity contribution in [2.75, 3.05) is 13.7 Å². The number of methoxy groups -OCH3 is 1. The maximum atomic E-state index is 12.6. The Bertz CT molecular complexity index is 757. The molecule has 1 heterocycles. The lowest BCUT2D eigenvalue weighted by Gasteiger charge is -2.21. The van der Waals surface area contributed by atoms with Gasteiger partial charge in [0.2, 0.25) is 5.91 Å². The molecule has 2 aromatic carbocycles. The molecule has 0 aromatic heterocycles. The molecule has 138 valence electrons. The average molecular weight is 353 g/mol. The van der Waals surface area contributed by atoms with Crippen molar-refractivity contribution in [3.05, 3.63) is 59.2 Å². The van der Waals surface area contributed by atoms with Crippen molar-refractivity contribution in [3.8, 4) is 11.5 Å². The Morgan fingerprint density at radius 1 is 1.15 bits per heavy atom. The summed E-state index contributed by atoms with van der Waals surface area (Å²) in [6.07, 6.45) is 5.33. The summed E-state index contributed by atoms with van der Waals surface area (Å²) in [7, 11) is 1.54. The number of benzene rings is 2. The average Bonchev–Trinajstić information content (AvgIpc) is 2.87. The number of carbonyl (C=O) groups excluding carboxylic acids is 1. The van der Waals surface area contributed by atoms with E-state index in [-0.39, 0.29) is 11.7 Å². The molecule has 1 aliphatic heterocycles. The normalized spacial score (nSPS) is 13.8. The van der Waals surface area contributed by atoms with Crippen LogP contribution in [0.2, 0.25) is 0 Å². The Morgan fingerprint density at radius 2 is 1.96 bits per heavy atom. The molecule has 0 unspecified atom stereocenters. The predicted molar refractivity (Wildman–Crippen MR) is 102 cm³/mol. The van der Waals surface area contributed by atoms with Gasteiger partial charge in [0.25, 0.3) is 0 Å². The lowest BCUT2D eigenvalue weighted by molar-refractivity contribution is -0.131. The first-order valence-electron chi connectivity index (χ1n) is 9.38. The standard InChI is InChI=1S/C22H27NO3/c1-26-21-13-12-17(15-20(21)24)7-2-5-11-22(25)23-14-6-10-18-8-3-4-9-19(18)16-23/h3-4,8-9,12-13,15,24H,2,5-7,10-11,14,16H2,1H3. The largest absolute Gasteiger partial charge is 0.504 e. The van der Waals surface area contributed by atoms with Gasteiger partial charge in [-0.15, -0.1) is 0 Å². The van der Waals surface area contributed by atoms with Crippen molar-refractivity contribution < 1.29 is 14.6 Å². The number of amides is 1. The number of phenolic OH excluding ortho intramolecular Hbond substituents is 1. The Kier molecular flexibility index (Phi) is 6.16. The number of hydrogen-bond donors (Lipinski definition) is 1. The van der Waals surface area contributed by atoms with Gasteiger partial charge in [0, 0.05) is 19.5 Å². The Hall–Kier alpha value is -2.49. The summed E-state index contributed by atoms with van der Waals surface area (Å²) >= 11 is 0. The molecule has 0 fully saturated rings. The second kappa shape index (κ2) is 8.75. The number of rotatable bonds is 6. The highest BCUT2D eigenvalue weighted by atomic mass is 16.5. The van der Waals surface area contributed by atoms with Gasteiger partial charge in [-0.3, -0.25) is 4.79 Å². The third kappa shape index (κ3) is 4.57. The lowest BCUT2D eigenvalue weighted by Crippen LogP contribution is -2.30. The van der Waals surface area contributed by atoms with Crippen LogP contribution in [0.25, 0.3) is 0 Å². The molecule has 26 heavy (non-hydrogen) atoms. The molecule has 2 aromatic rings. The van der Waals surface area contributed by atoms with Crippen molar-refractivity contribution in [1.29, 1.82) is 0 Å². The number of fused-ring (bicyclic) bond motifs is 1. The summed E-state index contributed by atoms with van der Waals surface area (Å²) in [5.74, 6) is 0.911. The van der Waals surface area contributed by atoms with Crippen LogP contribution in [0, 0.1) is 0 Å². The first-order chi connectivity index (χ1) is 12.7. The van der Waals surface area contributed by atoms with Crippen LogP contribution in [0.3, 0.4) is 0 Å². The number of ether oxygens (including phenoxy) is 1. The topological polar surface area (TPSA) is 49.8 Å². The monoisotopic (exact) mass is 353 g/mol. The number of unbranched alkanes of at least 4 members (excludes halogenated alkanes) is 1. The second-order valence-corrected chi connectivity index (χ2v) is 6.90. The Balaban J connectivity index is 1.46. The Morgan fingerprint density at radius 3 is 2.73 bits per heavy atom. The zero-order valence-corrected chi connectivity index (χ0v) is 15.4. The number of nitrogens with zero attached hydrogens (tertiary/aromatic N) is 1. The highest BCUT2D eigenvalue weighted by Gasteiger charge is 2.18. The number of carbonyl (C=O) groups is 1. The highest BCUT2D eigenvalue weighted by Crippen LogP contribution is 2.27. The van der Waals surface area contributed by atoms with Crippen LogP contribution in [-0.4, -0.2) is 29.6 Å². The summed E-state index contributed by atoms with van der Waals surface area (Å²) in [6, 6.07) is 13.9. The van der Waals surface area contributed by atoms with Crippen molar-refractivity contribution in [3.63, 3.8) is 0 Å². The molecule has 0 bridgehead atoms. The van der Waals surface area contributed by atoms with E-state index in [9.17, 15) is 9.90 Å². The molecule has 4 heteroatoms. The number of aryl methyl sites for hydroxylation is 2. The molecular formula is C22H27NO3. The first-order valence-corrected chi connectivity index (χ1v) is 9.38. The summed E-state index contributed by atoms with van der Waals surface area (Å²) in [5, 5.41) is 9.83. The van der Waals surface area contributed by atoms with Crippen LogP contribution < -0.4 is 4.74 Å². The first kappa shape index (κ1) is 18.3. The summed E-state index contributed by atoms with van der Waals surface area (Å²) in [6.45, 7) is 1.58. The van der Waals surface area contributed by atoms with Crippen LogP contribution >= 0.6 is 0 Å². The molecule has 3 rings (SSSR count). The molecular weight excluding hydrogens is 326 g/mol. The zero-order valence-electron chi connectivity index (χ0n) is 15.4. The van der Waals surface area contributed by atoms with E-state index in [0.717, 1.165) is 50.8 Å². The van der Waals surface area contributed by atoms with Crippen molar-refractivity contribution in [2.24, 2.45) is 0 Å².